The van der Waals surface area contributed by atoms with Gasteiger partial charge in [-0.05, 0) is 26.3 Å². The Bertz CT molecular complexity index is 316. The van der Waals surface area contributed by atoms with E-state index in [1.807, 2.05) is 17.8 Å². The summed E-state index contributed by atoms with van der Waals surface area (Å²) < 4.78 is 1.86. The molecule has 0 radical (unpaired) electrons. The molecule has 1 aliphatic heterocycles. The van der Waals surface area contributed by atoms with Gasteiger partial charge in [0.2, 0.25) is 0 Å². The molecule has 2 atom stereocenters. The van der Waals surface area contributed by atoms with Crippen molar-refractivity contribution in [1.29, 1.82) is 0 Å². The second-order valence-electron chi connectivity index (χ2n) is 4.48. The minimum absolute atomic E-state index is 0.192. The molecule has 2 unspecified atom stereocenters. The lowest BCUT2D eigenvalue weighted by molar-refractivity contribution is 0.126. The Balaban J connectivity index is 2.01. The molecular weight excluding hydrogens is 202 g/mol. The number of hydrogen-bond donors (Lipinski definition) is 2. The van der Waals surface area contributed by atoms with Crippen LogP contribution in [0.3, 0.4) is 0 Å². The molecule has 2 rings (SSSR count). The van der Waals surface area contributed by atoms with E-state index in [2.05, 4.69) is 10.4 Å². The maximum atomic E-state index is 10.3. The Labute approximate surface area is 96.7 Å². The predicted octanol–water partition coefficient (Wildman–Crippen LogP) is 1.47. The van der Waals surface area contributed by atoms with E-state index in [-0.39, 0.29) is 6.04 Å². The molecule has 4 nitrogen and oxygen atoms in total. The van der Waals surface area contributed by atoms with Crippen LogP contribution in [0.15, 0.2) is 12.4 Å². The van der Waals surface area contributed by atoms with Crippen molar-refractivity contribution in [3.05, 3.63) is 18.0 Å². The van der Waals surface area contributed by atoms with Crippen LogP contribution in [0.2, 0.25) is 0 Å². The van der Waals surface area contributed by atoms with Gasteiger partial charge in [0, 0.05) is 24.3 Å². The molecule has 0 spiro atoms. The number of rotatable bonds is 3. The molecule has 0 bridgehead atoms. The van der Waals surface area contributed by atoms with Crippen molar-refractivity contribution in [3.63, 3.8) is 0 Å². The summed E-state index contributed by atoms with van der Waals surface area (Å²) >= 11 is 0. The van der Waals surface area contributed by atoms with E-state index in [1.54, 1.807) is 6.20 Å². The highest BCUT2D eigenvalue weighted by atomic mass is 16.3. The second-order valence-corrected chi connectivity index (χ2v) is 4.48. The summed E-state index contributed by atoms with van der Waals surface area (Å²) in [6.45, 7) is 3.92. The van der Waals surface area contributed by atoms with Gasteiger partial charge in [-0.25, -0.2) is 0 Å². The van der Waals surface area contributed by atoms with Crippen molar-refractivity contribution in [2.24, 2.45) is 0 Å². The monoisotopic (exact) mass is 223 g/mol. The van der Waals surface area contributed by atoms with Crippen LogP contribution in [0.4, 0.5) is 0 Å². The molecule has 0 aliphatic carbocycles. The SMILES string of the molecule is CCn1cc(C(O)C2CCCCCN2)cn1. The molecule has 0 saturated carbocycles. The average Bonchev–Trinajstić information content (AvgIpc) is 2.62. The lowest BCUT2D eigenvalue weighted by atomic mass is 10.0. The Morgan fingerprint density at radius 2 is 2.44 bits per heavy atom. The van der Waals surface area contributed by atoms with E-state index in [0.717, 1.165) is 25.1 Å². The van der Waals surface area contributed by atoms with E-state index in [0.29, 0.717) is 0 Å². The summed E-state index contributed by atoms with van der Waals surface area (Å²) in [7, 11) is 0. The van der Waals surface area contributed by atoms with E-state index >= 15 is 0 Å². The first kappa shape index (κ1) is 11.6. The third kappa shape index (κ3) is 2.62. The molecule has 0 amide bonds. The van der Waals surface area contributed by atoms with Gasteiger partial charge in [0.25, 0.3) is 0 Å². The van der Waals surface area contributed by atoms with Gasteiger partial charge < -0.3 is 10.4 Å². The first-order valence-corrected chi connectivity index (χ1v) is 6.25. The molecular formula is C12H21N3O. The molecule has 1 fully saturated rings. The van der Waals surface area contributed by atoms with Crippen molar-refractivity contribution in [2.75, 3.05) is 6.54 Å². The summed E-state index contributed by atoms with van der Waals surface area (Å²) in [6.07, 6.45) is 8.05. The van der Waals surface area contributed by atoms with Crippen LogP contribution in [-0.4, -0.2) is 27.5 Å². The van der Waals surface area contributed by atoms with Crippen LogP contribution in [0.5, 0.6) is 0 Å². The molecule has 4 heteroatoms. The molecule has 2 heterocycles. The van der Waals surface area contributed by atoms with Crippen molar-refractivity contribution in [1.82, 2.24) is 15.1 Å². The standard InChI is InChI=1S/C12H21N3O/c1-2-15-9-10(8-14-15)12(16)11-6-4-3-5-7-13-11/h8-9,11-13,16H,2-7H2,1H3. The maximum absolute atomic E-state index is 10.3. The number of hydrogen-bond acceptors (Lipinski definition) is 3. The number of aromatic nitrogens is 2. The third-order valence-electron chi connectivity index (χ3n) is 3.30. The molecule has 1 aromatic heterocycles. The Morgan fingerprint density at radius 3 is 3.19 bits per heavy atom. The Kier molecular flexibility index (Phi) is 3.96. The zero-order valence-electron chi connectivity index (χ0n) is 9.89. The topological polar surface area (TPSA) is 50.1 Å². The maximum Gasteiger partial charge on any atom is 0.0973 e. The molecule has 1 aliphatic rings. The highest BCUT2D eigenvalue weighted by Gasteiger charge is 2.22. The zero-order valence-corrected chi connectivity index (χ0v) is 9.89. The summed E-state index contributed by atoms with van der Waals surface area (Å²) in [5, 5.41) is 17.9. The van der Waals surface area contributed by atoms with E-state index < -0.39 is 6.10 Å². The first-order chi connectivity index (χ1) is 7.81. The van der Waals surface area contributed by atoms with Gasteiger partial charge in [-0.2, -0.15) is 5.10 Å². The minimum Gasteiger partial charge on any atom is -0.387 e. The number of aliphatic hydroxyl groups excluding tert-OH is 1. The Morgan fingerprint density at radius 1 is 1.56 bits per heavy atom. The highest BCUT2D eigenvalue weighted by Crippen LogP contribution is 2.22. The fraction of sp³-hybridized carbons (Fsp3) is 0.750. The molecule has 1 saturated heterocycles. The molecule has 90 valence electrons. The van der Waals surface area contributed by atoms with Crippen molar-refractivity contribution in [2.45, 2.75) is 51.3 Å². The van der Waals surface area contributed by atoms with E-state index in [1.165, 1.54) is 19.3 Å². The van der Waals surface area contributed by atoms with Gasteiger partial charge in [-0.15, -0.1) is 0 Å². The smallest absolute Gasteiger partial charge is 0.0973 e. The predicted molar refractivity (Wildman–Crippen MR) is 63.1 cm³/mol. The summed E-state index contributed by atoms with van der Waals surface area (Å²) in [5.41, 5.74) is 0.932. The number of aryl methyl sites for hydroxylation is 1. The lowest BCUT2D eigenvalue weighted by Gasteiger charge is -2.21. The van der Waals surface area contributed by atoms with Gasteiger partial charge in [-0.3, -0.25) is 4.68 Å². The van der Waals surface area contributed by atoms with E-state index in [9.17, 15) is 5.11 Å². The zero-order chi connectivity index (χ0) is 11.4. The summed E-state index contributed by atoms with van der Waals surface area (Å²) in [6, 6.07) is 0.192. The van der Waals surface area contributed by atoms with Crippen LogP contribution in [-0.2, 0) is 6.54 Å². The summed E-state index contributed by atoms with van der Waals surface area (Å²) in [4.78, 5) is 0. The molecule has 0 aromatic carbocycles. The van der Waals surface area contributed by atoms with Crippen LogP contribution in [0.25, 0.3) is 0 Å². The normalized spacial score (nSPS) is 24.0. The second kappa shape index (κ2) is 5.46. The molecule has 2 N–H and O–H groups in total. The fourth-order valence-corrected chi connectivity index (χ4v) is 2.26. The number of nitrogens with one attached hydrogen (secondary N) is 1. The van der Waals surface area contributed by atoms with Gasteiger partial charge in [0.05, 0.1) is 12.3 Å². The van der Waals surface area contributed by atoms with Crippen LogP contribution >= 0.6 is 0 Å². The number of aliphatic hydroxyl groups is 1. The Hall–Kier alpha value is -0.870. The first-order valence-electron chi connectivity index (χ1n) is 6.25. The van der Waals surface area contributed by atoms with Crippen LogP contribution < -0.4 is 5.32 Å². The fourth-order valence-electron chi connectivity index (χ4n) is 2.26. The largest absolute Gasteiger partial charge is 0.387 e. The number of nitrogens with zero attached hydrogens (tertiary/aromatic N) is 2. The quantitative estimate of drug-likeness (QED) is 0.816. The van der Waals surface area contributed by atoms with Crippen molar-refractivity contribution in [3.8, 4) is 0 Å². The van der Waals surface area contributed by atoms with Gasteiger partial charge in [0.15, 0.2) is 0 Å². The molecule has 16 heavy (non-hydrogen) atoms. The average molecular weight is 223 g/mol. The highest BCUT2D eigenvalue weighted by molar-refractivity contribution is 5.10. The van der Waals surface area contributed by atoms with Crippen LogP contribution in [0, 0.1) is 0 Å². The van der Waals surface area contributed by atoms with Crippen LogP contribution in [0.1, 0.15) is 44.3 Å². The lowest BCUT2D eigenvalue weighted by Crippen LogP contribution is -2.34. The van der Waals surface area contributed by atoms with Gasteiger partial charge in [-0.1, -0.05) is 12.8 Å². The van der Waals surface area contributed by atoms with Gasteiger partial charge >= 0.3 is 0 Å². The third-order valence-corrected chi connectivity index (χ3v) is 3.30. The van der Waals surface area contributed by atoms with E-state index in [4.69, 9.17) is 0 Å². The van der Waals surface area contributed by atoms with Crippen molar-refractivity contribution < 1.29 is 5.11 Å². The minimum atomic E-state index is -0.418. The van der Waals surface area contributed by atoms with Gasteiger partial charge in [0.1, 0.15) is 0 Å². The van der Waals surface area contributed by atoms with Crippen molar-refractivity contribution >= 4 is 0 Å². The summed E-state index contributed by atoms with van der Waals surface area (Å²) in [5.74, 6) is 0. The molecule has 1 aromatic rings.